The molecule has 1 rings (SSSR count). The van der Waals surface area contributed by atoms with Gasteiger partial charge in [-0.25, -0.2) is 0 Å². The second-order valence-corrected chi connectivity index (χ2v) is 3.63. The maximum Gasteiger partial charge on any atom is 0.0202 e. The van der Waals surface area contributed by atoms with Gasteiger partial charge in [0.05, 0.1) is 0 Å². The van der Waals surface area contributed by atoms with Crippen LogP contribution in [0.5, 0.6) is 0 Å². The van der Waals surface area contributed by atoms with Gasteiger partial charge in [0, 0.05) is 6.54 Å². The highest BCUT2D eigenvalue weighted by Crippen LogP contribution is 2.06. The van der Waals surface area contributed by atoms with E-state index < -0.39 is 0 Å². The lowest BCUT2D eigenvalue weighted by Gasteiger charge is -1.99. The fourth-order valence-electron chi connectivity index (χ4n) is 1.24. The minimum atomic E-state index is 0.911. The zero-order chi connectivity index (χ0) is 10.2. The standard InChI is InChI=1S/C12H17NS/c1-13-10-12-7-5-11(6-8-12)4-2-3-9-14/h2,4-8,13-14H,3,9-10H2,1H3. The lowest BCUT2D eigenvalue weighted by Crippen LogP contribution is -2.04. The van der Waals surface area contributed by atoms with Gasteiger partial charge in [-0.2, -0.15) is 12.6 Å². The van der Waals surface area contributed by atoms with E-state index in [9.17, 15) is 0 Å². The van der Waals surface area contributed by atoms with E-state index in [0.717, 1.165) is 18.7 Å². The van der Waals surface area contributed by atoms with Gasteiger partial charge in [0.25, 0.3) is 0 Å². The first-order chi connectivity index (χ1) is 6.86. The Balaban J connectivity index is 2.54. The second kappa shape index (κ2) is 6.68. The van der Waals surface area contributed by atoms with Crippen molar-refractivity contribution < 1.29 is 0 Å². The molecule has 1 aromatic carbocycles. The van der Waals surface area contributed by atoms with E-state index in [1.165, 1.54) is 11.1 Å². The molecule has 0 aliphatic rings. The van der Waals surface area contributed by atoms with E-state index in [1.54, 1.807) is 0 Å². The molecule has 0 radical (unpaired) electrons. The molecule has 1 N–H and O–H groups in total. The van der Waals surface area contributed by atoms with Crippen molar-refractivity contribution in [2.24, 2.45) is 0 Å². The molecule has 0 amide bonds. The fraction of sp³-hybridized carbons (Fsp3) is 0.333. The maximum atomic E-state index is 4.15. The summed E-state index contributed by atoms with van der Waals surface area (Å²) in [4.78, 5) is 0. The Labute approximate surface area is 91.6 Å². The monoisotopic (exact) mass is 207 g/mol. The SMILES string of the molecule is CNCc1ccc(C=CCCS)cc1. The summed E-state index contributed by atoms with van der Waals surface area (Å²) in [6.07, 6.45) is 5.32. The first-order valence-corrected chi connectivity index (χ1v) is 5.51. The van der Waals surface area contributed by atoms with E-state index in [-0.39, 0.29) is 0 Å². The third-order valence-electron chi connectivity index (χ3n) is 1.97. The van der Waals surface area contributed by atoms with Crippen LogP contribution in [0.1, 0.15) is 17.5 Å². The summed E-state index contributed by atoms with van der Waals surface area (Å²) < 4.78 is 0. The lowest BCUT2D eigenvalue weighted by atomic mass is 10.1. The number of hydrogen-bond acceptors (Lipinski definition) is 2. The quantitative estimate of drug-likeness (QED) is 0.708. The van der Waals surface area contributed by atoms with Crippen LogP contribution in [0, 0.1) is 0 Å². The fourth-order valence-corrected chi connectivity index (χ4v) is 1.39. The number of benzene rings is 1. The zero-order valence-corrected chi connectivity index (χ0v) is 9.43. The van der Waals surface area contributed by atoms with Gasteiger partial charge in [0.2, 0.25) is 0 Å². The van der Waals surface area contributed by atoms with Crippen LogP contribution < -0.4 is 5.32 Å². The highest BCUT2D eigenvalue weighted by molar-refractivity contribution is 7.80. The molecule has 0 saturated carbocycles. The van der Waals surface area contributed by atoms with Crippen molar-refractivity contribution in [2.45, 2.75) is 13.0 Å². The molecule has 0 atom stereocenters. The Hall–Kier alpha value is -0.730. The molecule has 76 valence electrons. The smallest absolute Gasteiger partial charge is 0.0202 e. The highest BCUT2D eigenvalue weighted by Gasteiger charge is 1.89. The topological polar surface area (TPSA) is 12.0 Å². The Morgan fingerprint density at radius 3 is 2.57 bits per heavy atom. The summed E-state index contributed by atoms with van der Waals surface area (Å²) >= 11 is 4.15. The molecule has 1 aromatic rings. The molecule has 0 fully saturated rings. The molecule has 2 heteroatoms. The van der Waals surface area contributed by atoms with Gasteiger partial charge < -0.3 is 5.32 Å². The molecular weight excluding hydrogens is 190 g/mol. The number of rotatable bonds is 5. The average molecular weight is 207 g/mol. The van der Waals surface area contributed by atoms with Crippen molar-refractivity contribution in [3.05, 3.63) is 41.5 Å². The third-order valence-corrected chi connectivity index (χ3v) is 2.22. The molecular formula is C12H17NS. The van der Waals surface area contributed by atoms with Crippen molar-refractivity contribution in [2.75, 3.05) is 12.8 Å². The molecule has 0 saturated heterocycles. The van der Waals surface area contributed by atoms with Crippen LogP contribution in [0.25, 0.3) is 6.08 Å². The third kappa shape index (κ3) is 3.99. The minimum Gasteiger partial charge on any atom is -0.316 e. The predicted molar refractivity (Wildman–Crippen MR) is 66.7 cm³/mol. The normalized spacial score (nSPS) is 11.0. The number of hydrogen-bond donors (Lipinski definition) is 2. The summed E-state index contributed by atoms with van der Waals surface area (Å²) in [6, 6.07) is 8.58. The highest BCUT2D eigenvalue weighted by atomic mass is 32.1. The summed E-state index contributed by atoms with van der Waals surface area (Å²) in [5, 5.41) is 3.13. The second-order valence-electron chi connectivity index (χ2n) is 3.19. The number of allylic oxidation sites excluding steroid dienone is 1. The summed E-state index contributed by atoms with van der Waals surface area (Å²) in [7, 11) is 1.96. The minimum absolute atomic E-state index is 0.911. The van der Waals surface area contributed by atoms with Crippen LogP contribution >= 0.6 is 12.6 Å². The molecule has 0 bridgehead atoms. The number of nitrogens with one attached hydrogen (secondary N) is 1. The molecule has 0 aliphatic heterocycles. The largest absolute Gasteiger partial charge is 0.316 e. The maximum absolute atomic E-state index is 4.15. The molecule has 0 aliphatic carbocycles. The molecule has 0 unspecified atom stereocenters. The van der Waals surface area contributed by atoms with Gasteiger partial charge in [-0.1, -0.05) is 36.4 Å². The Bertz CT molecular complexity index is 277. The average Bonchev–Trinajstić information content (AvgIpc) is 2.21. The van der Waals surface area contributed by atoms with Crippen molar-refractivity contribution >= 4 is 18.7 Å². The van der Waals surface area contributed by atoms with Crippen LogP contribution in [-0.2, 0) is 6.54 Å². The summed E-state index contributed by atoms with van der Waals surface area (Å²) in [5.74, 6) is 0.911. The van der Waals surface area contributed by atoms with Crippen LogP contribution in [0.15, 0.2) is 30.3 Å². The van der Waals surface area contributed by atoms with Crippen LogP contribution in [-0.4, -0.2) is 12.8 Å². The summed E-state index contributed by atoms with van der Waals surface area (Å²) in [6.45, 7) is 0.931. The van der Waals surface area contributed by atoms with E-state index in [2.05, 4.69) is 54.4 Å². The Morgan fingerprint density at radius 2 is 2.00 bits per heavy atom. The van der Waals surface area contributed by atoms with Crippen molar-refractivity contribution in [3.63, 3.8) is 0 Å². The molecule has 0 aromatic heterocycles. The van der Waals surface area contributed by atoms with E-state index >= 15 is 0 Å². The molecule has 14 heavy (non-hydrogen) atoms. The van der Waals surface area contributed by atoms with Crippen molar-refractivity contribution in [1.29, 1.82) is 0 Å². The predicted octanol–water partition coefficient (Wildman–Crippen LogP) is 2.74. The van der Waals surface area contributed by atoms with E-state index in [0.29, 0.717) is 0 Å². The van der Waals surface area contributed by atoms with E-state index in [4.69, 9.17) is 0 Å². The molecule has 0 spiro atoms. The lowest BCUT2D eigenvalue weighted by molar-refractivity contribution is 0.818. The Morgan fingerprint density at radius 1 is 1.29 bits per heavy atom. The summed E-state index contributed by atoms with van der Waals surface area (Å²) in [5.41, 5.74) is 2.57. The molecule has 1 nitrogen and oxygen atoms in total. The van der Waals surface area contributed by atoms with Gasteiger partial charge in [-0.05, 0) is 30.3 Å². The zero-order valence-electron chi connectivity index (χ0n) is 8.53. The Kier molecular flexibility index (Phi) is 5.42. The molecule has 0 heterocycles. The first-order valence-electron chi connectivity index (χ1n) is 4.87. The first kappa shape index (κ1) is 11.3. The number of thiol groups is 1. The van der Waals surface area contributed by atoms with Crippen LogP contribution in [0.4, 0.5) is 0 Å². The van der Waals surface area contributed by atoms with Gasteiger partial charge in [-0.15, -0.1) is 0 Å². The van der Waals surface area contributed by atoms with Crippen LogP contribution in [0.2, 0.25) is 0 Å². The van der Waals surface area contributed by atoms with Crippen molar-refractivity contribution in [3.8, 4) is 0 Å². The van der Waals surface area contributed by atoms with Gasteiger partial charge in [-0.3, -0.25) is 0 Å². The van der Waals surface area contributed by atoms with Gasteiger partial charge >= 0.3 is 0 Å². The van der Waals surface area contributed by atoms with Crippen molar-refractivity contribution in [1.82, 2.24) is 5.32 Å². The van der Waals surface area contributed by atoms with Gasteiger partial charge in [0.15, 0.2) is 0 Å². The van der Waals surface area contributed by atoms with Gasteiger partial charge in [0.1, 0.15) is 0 Å². The van der Waals surface area contributed by atoms with Crippen LogP contribution in [0.3, 0.4) is 0 Å². The van der Waals surface area contributed by atoms with E-state index in [1.807, 2.05) is 7.05 Å².